The highest BCUT2D eigenvalue weighted by atomic mass is 32.2. The van der Waals surface area contributed by atoms with Gasteiger partial charge in [0.05, 0.1) is 29.7 Å². The summed E-state index contributed by atoms with van der Waals surface area (Å²) < 4.78 is 14.4. The monoisotopic (exact) mass is 509 g/mol. The summed E-state index contributed by atoms with van der Waals surface area (Å²) in [7, 11) is 1.57. The lowest BCUT2D eigenvalue weighted by Crippen LogP contribution is -2.24. The highest BCUT2D eigenvalue weighted by molar-refractivity contribution is 7.99. The van der Waals surface area contributed by atoms with Gasteiger partial charge >= 0.3 is 12.0 Å². The molecule has 36 heavy (non-hydrogen) atoms. The molecule has 0 aliphatic carbocycles. The number of amides is 2. The van der Waals surface area contributed by atoms with E-state index < -0.39 is 17.6 Å². The van der Waals surface area contributed by atoms with Gasteiger partial charge in [0.2, 0.25) is 0 Å². The summed E-state index contributed by atoms with van der Waals surface area (Å²) in [5.74, 6) is 0.130. The molecule has 192 valence electrons. The Bertz CT molecular complexity index is 1280. The van der Waals surface area contributed by atoms with Crippen LogP contribution >= 0.6 is 11.9 Å². The standard InChI is InChI=1S/C28H35N3O4S/c1-27(2,3)17-15-22(24(34-7)23(16-17)31-36-8)30-26(33)29-21-14-13-20(25(32)35-28(4,5)6)18-11-9-10-12-19(18)21/h9-16,31H,1-8H3,(H2,29,30,33). The smallest absolute Gasteiger partial charge is 0.339 e. The number of fused-ring (bicyclic) bond motifs is 1. The molecule has 2 amide bonds. The van der Waals surface area contributed by atoms with Crippen LogP contribution in [-0.4, -0.2) is 31.0 Å². The van der Waals surface area contributed by atoms with E-state index >= 15 is 0 Å². The molecule has 0 fully saturated rings. The van der Waals surface area contributed by atoms with Crippen LogP contribution in [0.3, 0.4) is 0 Å². The van der Waals surface area contributed by atoms with E-state index in [4.69, 9.17) is 9.47 Å². The van der Waals surface area contributed by atoms with Crippen molar-refractivity contribution in [2.75, 3.05) is 28.7 Å². The van der Waals surface area contributed by atoms with Gasteiger partial charge in [-0.3, -0.25) is 0 Å². The van der Waals surface area contributed by atoms with Crippen molar-refractivity contribution in [1.29, 1.82) is 0 Å². The molecular weight excluding hydrogens is 474 g/mol. The van der Waals surface area contributed by atoms with E-state index in [1.165, 1.54) is 11.9 Å². The minimum absolute atomic E-state index is 0.137. The Kier molecular flexibility index (Phi) is 8.09. The second-order valence-electron chi connectivity index (χ2n) is 10.4. The third kappa shape index (κ3) is 6.43. The lowest BCUT2D eigenvalue weighted by atomic mass is 9.86. The maximum Gasteiger partial charge on any atom is 0.339 e. The van der Waals surface area contributed by atoms with Gasteiger partial charge in [-0.1, -0.05) is 57.0 Å². The third-order valence-electron chi connectivity index (χ3n) is 5.41. The highest BCUT2D eigenvalue weighted by Gasteiger charge is 2.22. The van der Waals surface area contributed by atoms with Crippen LogP contribution < -0.4 is 20.1 Å². The van der Waals surface area contributed by atoms with E-state index in [-0.39, 0.29) is 5.41 Å². The number of benzene rings is 3. The van der Waals surface area contributed by atoms with Crippen molar-refractivity contribution in [2.45, 2.75) is 52.6 Å². The number of hydrogen-bond donors (Lipinski definition) is 3. The fourth-order valence-electron chi connectivity index (χ4n) is 3.76. The van der Waals surface area contributed by atoms with Crippen LogP contribution in [-0.2, 0) is 10.2 Å². The molecule has 0 atom stereocenters. The minimum atomic E-state index is -0.611. The lowest BCUT2D eigenvalue weighted by molar-refractivity contribution is 0.00718. The van der Waals surface area contributed by atoms with Crippen LogP contribution in [0.15, 0.2) is 48.5 Å². The molecule has 0 aliphatic rings. The summed E-state index contributed by atoms with van der Waals surface area (Å²) in [6.07, 6.45) is 1.93. The van der Waals surface area contributed by atoms with Gasteiger partial charge in [0.25, 0.3) is 0 Å². The lowest BCUT2D eigenvalue weighted by Gasteiger charge is -2.24. The molecule has 3 aromatic carbocycles. The molecule has 0 aromatic heterocycles. The van der Waals surface area contributed by atoms with Crippen molar-refractivity contribution >= 4 is 51.8 Å². The van der Waals surface area contributed by atoms with Crippen molar-refractivity contribution in [3.63, 3.8) is 0 Å². The quantitative estimate of drug-likeness (QED) is 0.236. The maximum atomic E-state index is 13.1. The number of anilines is 3. The molecule has 0 radical (unpaired) electrons. The Hall–Kier alpha value is -3.39. The summed E-state index contributed by atoms with van der Waals surface area (Å²) in [5, 5.41) is 7.29. The van der Waals surface area contributed by atoms with E-state index in [1.54, 1.807) is 19.2 Å². The molecule has 7 nitrogen and oxygen atoms in total. The first-order valence-corrected chi connectivity index (χ1v) is 12.9. The van der Waals surface area contributed by atoms with Gasteiger partial charge in [-0.05, 0) is 61.4 Å². The van der Waals surface area contributed by atoms with Crippen molar-refractivity contribution < 1.29 is 19.1 Å². The molecule has 0 aliphatic heterocycles. The summed E-state index contributed by atoms with van der Waals surface area (Å²) in [4.78, 5) is 25.9. The molecule has 0 unspecified atom stereocenters. The zero-order valence-electron chi connectivity index (χ0n) is 22.2. The minimum Gasteiger partial charge on any atom is -0.492 e. The zero-order valence-corrected chi connectivity index (χ0v) is 23.0. The molecular formula is C28H35N3O4S. The fourth-order valence-corrected chi connectivity index (χ4v) is 4.13. The molecule has 3 N–H and O–H groups in total. The summed E-state index contributed by atoms with van der Waals surface area (Å²) >= 11 is 1.45. The van der Waals surface area contributed by atoms with Crippen LogP contribution in [0.5, 0.6) is 5.75 Å². The third-order valence-corrected chi connectivity index (χ3v) is 5.83. The van der Waals surface area contributed by atoms with Crippen LogP contribution in [0.4, 0.5) is 21.9 Å². The predicted molar refractivity (Wildman–Crippen MR) is 151 cm³/mol. The number of rotatable bonds is 6. The Morgan fingerprint density at radius 2 is 1.44 bits per heavy atom. The second kappa shape index (κ2) is 10.7. The Morgan fingerprint density at radius 1 is 0.833 bits per heavy atom. The first-order valence-electron chi connectivity index (χ1n) is 11.7. The summed E-state index contributed by atoms with van der Waals surface area (Å²) in [6.45, 7) is 11.8. The predicted octanol–water partition coefficient (Wildman–Crippen LogP) is 7.44. The zero-order chi connectivity index (χ0) is 26.7. The summed E-state index contributed by atoms with van der Waals surface area (Å²) in [6, 6.07) is 14.3. The van der Waals surface area contributed by atoms with Crippen molar-refractivity contribution in [2.24, 2.45) is 0 Å². The molecule has 0 spiro atoms. The molecule has 8 heteroatoms. The first kappa shape index (κ1) is 27.2. The van der Waals surface area contributed by atoms with Gasteiger partial charge in [-0.2, -0.15) is 0 Å². The molecule has 3 aromatic rings. The average molecular weight is 510 g/mol. The number of hydrogen-bond acceptors (Lipinski definition) is 6. The number of urea groups is 1. The molecule has 3 rings (SSSR count). The van der Waals surface area contributed by atoms with Gasteiger partial charge in [0, 0.05) is 11.6 Å². The van der Waals surface area contributed by atoms with Crippen LogP contribution in [0, 0.1) is 0 Å². The Morgan fingerprint density at radius 3 is 2.03 bits per heavy atom. The summed E-state index contributed by atoms with van der Waals surface area (Å²) in [5.41, 5.74) is 2.64. The van der Waals surface area contributed by atoms with Crippen molar-refractivity contribution in [1.82, 2.24) is 0 Å². The van der Waals surface area contributed by atoms with E-state index in [1.807, 2.05) is 63.4 Å². The van der Waals surface area contributed by atoms with Crippen LogP contribution in [0.1, 0.15) is 57.5 Å². The molecule has 0 saturated heterocycles. The van der Waals surface area contributed by atoms with Crippen molar-refractivity contribution in [3.05, 3.63) is 59.7 Å². The van der Waals surface area contributed by atoms with Gasteiger partial charge in [-0.15, -0.1) is 0 Å². The SMILES string of the molecule is COc1c(NSC)cc(C(C)(C)C)cc1NC(=O)Nc1ccc(C(=O)OC(C)(C)C)c2ccccc12. The van der Waals surface area contributed by atoms with E-state index in [9.17, 15) is 9.59 Å². The van der Waals surface area contributed by atoms with Crippen LogP contribution in [0.25, 0.3) is 10.8 Å². The van der Waals surface area contributed by atoms with E-state index in [0.717, 1.165) is 16.6 Å². The van der Waals surface area contributed by atoms with E-state index in [0.29, 0.717) is 28.1 Å². The number of ether oxygens (including phenoxy) is 2. The highest BCUT2D eigenvalue weighted by Crippen LogP contribution is 2.39. The van der Waals surface area contributed by atoms with Gasteiger partial charge in [-0.25, -0.2) is 9.59 Å². The van der Waals surface area contributed by atoms with Gasteiger partial charge < -0.3 is 24.8 Å². The molecule has 0 heterocycles. The Labute approximate surface area is 217 Å². The van der Waals surface area contributed by atoms with Gasteiger partial charge in [0.1, 0.15) is 5.60 Å². The number of esters is 1. The number of carbonyl (C=O) groups excluding carboxylic acids is 2. The normalized spacial score (nSPS) is 11.7. The average Bonchev–Trinajstić information content (AvgIpc) is 2.77. The number of carbonyl (C=O) groups is 2. The van der Waals surface area contributed by atoms with Crippen molar-refractivity contribution in [3.8, 4) is 5.75 Å². The fraction of sp³-hybridized carbons (Fsp3) is 0.357. The Balaban J connectivity index is 1.95. The number of methoxy groups -OCH3 is 1. The number of nitrogens with one attached hydrogen (secondary N) is 3. The second-order valence-corrected chi connectivity index (χ2v) is 11.1. The molecule has 0 bridgehead atoms. The molecule has 0 saturated carbocycles. The maximum absolute atomic E-state index is 13.1. The topological polar surface area (TPSA) is 88.7 Å². The first-order chi connectivity index (χ1) is 16.8. The largest absolute Gasteiger partial charge is 0.492 e. The van der Waals surface area contributed by atoms with Gasteiger partial charge in [0.15, 0.2) is 5.75 Å². The van der Waals surface area contributed by atoms with Crippen LogP contribution in [0.2, 0.25) is 0 Å². The van der Waals surface area contributed by atoms with E-state index in [2.05, 4.69) is 36.1 Å².